The molecule has 3 aromatic rings. The van der Waals surface area contributed by atoms with E-state index in [-0.39, 0.29) is 29.2 Å². The number of hydrogen-bond acceptors (Lipinski definition) is 7. The minimum absolute atomic E-state index is 0.0722. The summed E-state index contributed by atoms with van der Waals surface area (Å²) in [6.07, 6.45) is 2.48. The number of anilines is 1. The van der Waals surface area contributed by atoms with Crippen molar-refractivity contribution >= 4 is 21.7 Å². The molecule has 190 valence electrons. The second-order valence-corrected chi connectivity index (χ2v) is 10.8. The average Bonchev–Trinajstić information content (AvgIpc) is 3.10. The summed E-state index contributed by atoms with van der Waals surface area (Å²) in [5, 5.41) is -0.450. The first-order valence-electron chi connectivity index (χ1n) is 11.3. The number of sulfonamides is 1. The van der Waals surface area contributed by atoms with Crippen LogP contribution in [0.5, 0.6) is 5.88 Å². The van der Waals surface area contributed by atoms with Gasteiger partial charge in [-0.15, -0.1) is 0 Å². The van der Waals surface area contributed by atoms with Crippen molar-refractivity contribution < 1.29 is 26.7 Å². The van der Waals surface area contributed by atoms with E-state index in [2.05, 4.69) is 35.5 Å². The standard InChI is InChI=1S/C25H26F2N4O4S/c1-16-11-13-31(25(16,2)3)23-19(6-5-12-28-23)24(32)30-36(33,34)22-8-4-7-21(29-22)35-15-17-9-10-18(26)14-20(17)27/h4-10,12,14,16H,11,13,15H2,1-3H3,(H,30,32). The zero-order valence-electron chi connectivity index (χ0n) is 20.0. The van der Waals surface area contributed by atoms with Crippen molar-refractivity contribution in [2.75, 3.05) is 11.4 Å². The average molecular weight is 517 g/mol. The molecule has 1 saturated heterocycles. The lowest BCUT2D eigenvalue weighted by Gasteiger charge is -2.36. The largest absolute Gasteiger partial charge is 0.473 e. The molecule has 0 saturated carbocycles. The van der Waals surface area contributed by atoms with Crippen LogP contribution in [-0.2, 0) is 16.6 Å². The lowest BCUT2D eigenvalue weighted by atomic mass is 9.90. The smallest absolute Gasteiger partial charge is 0.281 e. The topological polar surface area (TPSA) is 101 Å². The highest BCUT2D eigenvalue weighted by atomic mass is 32.2. The van der Waals surface area contributed by atoms with Crippen LogP contribution < -0.4 is 14.4 Å². The zero-order valence-corrected chi connectivity index (χ0v) is 20.9. The second-order valence-electron chi connectivity index (χ2n) is 9.14. The number of benzene rings is 1. The molecular formula is C25H26F2N4O4S. The van der Waals surface area contributed by atoms with Crippen molar-refractivity contribution in [1.82, 2.24) is 14.7 Å². The Kier molecular flexibility index (Phi) is 6.94. The normalized spacial score (nSPS) is 17.1. The van der Waals surface area contributed by atoms with E-state index in [0.717, 1.165) is 18.6 Å². The number of aromatic nitrogens is 2. The highest BCUT2D eigenvalue weighted by Gasteiger charge is 2.40. The Morgan fingerprint density at radius 3 is 2.67 bits per heavy atom. The van der Waals surface area contributed by atoms with E-state index in [1.54, 1.807) is 12.3 Å². The maximum atomic E-state index is 13.8. The van der Waals surface area contributed by atoms with Gasteiger partial charge in [-0.25, -0.2) is 18.5 Å². The van der Waals surface area contributed by atoms with Crippen molar-refractivity contribution in [3.63, 3.8) is 0 Å². The Bertz CT molecular complexity index is 1400. The van der Waals surface area contributed by atoms with Crippen LogP contribution in [0.1, 0.15) is 43.1 Å². The summed E-state index contributed by atoms with van der Waals surface area (Å²) in [5.74, 6) is -1.70. The second kappa shape index (κ2) is 9.81. The molecule has 3 heterocycles. The molecule has 1 aliphatic heterocycles. The monoisotopic (exact) mass is 516 g/mol. The van der Waals surface area contributed by atoms with Gasteiger partial charge in [0.1, 0.15) is 24.1 Å². The molecule has 1 aliphatic rings. The molecule has 0 radical (unpaired) electrons. The van der Waals surface area contributed by atoms with Crippen LogP contribution in [0.15, 0.2) is 59.8 Å². The van der Waals surface area contributed by atoms with Gasteiger partial charge in [-0.05, 0) is 56.5 Å². The lowest BCUT2D eigenvalue weighted by Crippen LogP contribution is -2.43. The van der Waals surface area contributed by atoms with E-state index in [4.69, 9.17) is 4.74 Å². The van der Waals surface area contributed by atoms with Gasteiger partial charge in [0, 0.05) is 36.0 Å². The number of ether oxygens (including phenoxy) is 1. The summed E-state index contributed by atoms with van der Waals surface area (Å²) in [6.45, 7) is 6.64. The van der Waals surface area contributed by atoms with Gasteiger partial charge >= 0.3 is 0 Å². The maximum absolute atomic E-state index is 13.8. The minimum atomic E-state index is -4.37. The summed E-state index contributed by atoms with van der Waals surface area (Å²) in [4.78, 5) is 23.4. The molecule has 4 rings (SSSR count). The van der Waals surface area contributed by atoms with Crippen LogP contribution in [-0.4, -0.2) is 36.4 Å². The fraction of sp³-hybridized carbons (Fsp3) is 0.320. The summed E-state index contributed by atoms with van der Waals surface area (Å²) in [6, 6.07) is 10.1. The molecule has 1 amide bonds. The number of rotatable bonds is 7. The van der Waals surface area contributed by atoms with Crippen molar-refractivity contribution in [2.24, 2.45) is 5.92 Å². The molecule has 8 nitrogen and oxygen atoms in total. The maximum Gasteiger partial charge on any atom is 0.281 e. The minimum Gasteiger partial charge on any atom is -0.473 e. The van der Waals surface area contributed by atoms with Gasteiger partial charge in [-0.1, -0.05) is 13.0 Å². The van der Waals surface area contributed by atoms with Crippen LogP contribution >= 0.6 is 0 Å². The van der Waals surface area contributed by atoms with Crippen molar-refractivity contribution in [3.8, 4) is 5.88 Å². The fourth-order valence-corrected chi connectivity index (χ4v) is 4.97. The Hall–Kier alpha value is -3.60. The molecule has 0 bridgehead atoms. The molecule has 1 atom stereocenters. The number of pyridine rings is 2. The number of hydrogen-bond donors (Lipinski definition) is 1. The Morgan fingerprint density at radius 2 is 1.97 bits per heavy atom. The van der Waals surface area contributed by atoms with E-state index in [0.29, 0.717) is 18.3 Å². The highest BCUT2D eigenvalue weighted by Crippen LogP contribution is 2.38. The Labute approximate surface area is 208 Å². The molecule has 11 heteroatoms. The molecule has 36 heavy (non-hydrogen) atoms. The summed E-state index contributed by atoms with van der Waals surface area (Å²) in [5.41, 5.74) is -0.0649. The molecule has 0 aliphatic carbocycles. The molecule has 0 spiro atoms. The SMILES string of the molecule is CC1CCN(c2ncccc2C(=O)NS(=O)(=O)c2cccc(OCc3ccc(F)cc3F)n2)C1(C)C. The van der Waals surface area contributed by atoms with Crippen LogP contribution in [0, 0.1) is 17.6 Å². The molecule has 2 aromatic heterocycles. The van der Waals surface area contributed by atoms with Gasteiger partial charge in [0.05, 0.1) is 5.56 Å². The predicted molar refractivity (Wildman–Crippen MR) is 129 cm³/mol. The van der Waals surface area contributed by atoms with Crippen molar-refractivity contribution in [3.05, 3.63) is 77.5 Å². The number of halogens is 2. The third kappa shape index (κ3) is 5.15. The van der Waals surface area contributed by atoms with Crippen LogP contribution in [0.2, 0.25) is 0 Å². The molecule has 1 N–H and O–H groups in total. The third-order valence-corrected chi connectivity index (χ3v) is 7.80. The Morgan fingerprint density at radius 1 is 1.19 bits per heavy atom. The predicted octanol–water partition coefficient (Wildman–Crippen LogP) is 4.08. The number of carbonyl (C=O) groups is 1. The van der Waals surface area contributed by atoms with Gasteiger partial charge in [-0.3, -0.25) is 4.79 Å². The summed E-state index contributed by atoms with van der Waals surface area (Å²) >= 11 is 0. The third-order valence-electron chi connectivity index (χ3n) is 6.57. The quantitative estimate of drug-likeness (QED) is 0.505. The zero-order chi connectivity index (χ0) is 26.1. The van der Waals surface area contributed by atoms with E-state index in [1.165, 1.54) is 30.3 Å². The van der Waals surface area contributed by atoms with Gasteiger partial charge in [0.15, 0.2) is 5.03 Å². The molecular weight excluding hydrogens is 490 g/mol. The van der Waals surface area contributed by atoms with Crippen molar-refractivity contribution in [1.29, 1.82) is 0 Å². The van der Waals surface area contributed by atoms with E-state index in [1.807, 2.05) is 4.90 Å². The highest BCUT2D eigenvalue weighted by molar-refractivity contribution is 7.90. The van der Waals surface area contributed by atoms with Crippen molar-refractivity contribution in [2.45, 2.75) is 44.4 Å². The number of amides is 1. The first-order chi connectivity index (χ1) is 17.0. The lowest BCUT2D eigenvalue weighted by molar-refractivity contribution is 0.0981. The number of nitrogens with one attached hydrogen (secondary N) is 1. The van der Waals surface area contributed by atoms with Gasteiger partial charge in [0.2, 0.25) is 5.88 Å². The van der Waals surface area contributed by atoms with Gasteiger partial charge in [-0.2, -0.15) is 13.4 Å². The fourth-order valence-electron chi connectivity index (χ4n) is 4.04. The van der Waals surface area contributed by atoms with Gasteiger partial charge < -0.3 is 9.64 Å². The Balaban J connectivity index is 1.52. The first kappa shape index (κ1) is 25.5. The summed E-state index contributed by atoms with van der Waals surface area (Å²) < 4.78 is 60.3. The molecule has 1 aromatic carbocycles. The van der Waals surface area contributed by atoms with Crippen LogP contribution in [0.3, 0.4) is 0 Å². The van der Waals surface area contributed by atoms with E-state index in [9.17, 15) is 22.0 Å². The number of carbonyl (C=O) groups excluding carboxylic acids is 1. The first-order valence-corrected chi connectivity index (χ1v) is 12.8. The van der Waals surface area contributed by atoms with Gasteiger partial charge in [0.25, 0.3) is 15.9 Å². The van der Waals surface area contributed by atoms with E-state index < -0.39 is 32.6 Å². The molecule has 1 unspecified atom stereocenters. The van der Waals surface area contributed by atoms with E-state index >= 15 is 0 Å². The number of nitrogens with zero attached hydrogens (tertiary/aromatic N) is 3. The van der Waals surface area contributed by atoms with Crippen LogP contribution in [0.4, 0.5) is 14.6 Å². The molecule has 1 fully saturated rings. The van der Waals surface area contributed by atoms with Crippen LogP contribution in [0.25, 0.3) is 0 Å². The summed E-state index contributed by atoms with van der Waals surface area (Å²) in [7, 11) is -4.37.